The first kappa shape index (κ1) is 24.2. The Morgan fingerprint density at radius 3 is 2.61 bits per heavy atom. The molecule has 5 nitrogen and oxygen atoms in total. The summed E-state index contributed by atoms with van der Waals surface area (Å²) in [5.41, 5.74) is 1.81. The predicted molar refractivity (Wildman–Crippen MR) is 139 cm³/mol. The van der Waals surface area contributed by atoms with Gasteiger partial charge >= 0.3 is 0 Å². The van der Waals surface area contributed by atoms with Gasteiger partial charge in [-0.2, -0.15) is 0 Å². The largest absolute Gasteiger partial charge is 0.295 e. The number of ketones is 1. The number of para-hydroxylation sites is 1. The Kier molecular flexibility index (Phi) is 6.90. The number of hydrogen-bond acceptors (Lipinski definition) is 3. The van der Waals surface area contributed by atoms with Crippen LogP contribution in [0.4, 0.5) is 4.39 Å². The third kappa shape index (κ3) is 4.66. The smallest absolute Gasteiger partial charge is 0.279 e. The molecule has 0 bridgehead atoms. The second-order valence-electron chi connectivity index (χ2n) is 8.77. The molecule has 0 aliphatic heterocycles. The van der Waals surface area contributed by atoms with Crippen molar-refractivity contribution < 1.29 is 9.18 Å². The summed E-state index contributed by atoms with van der Waals surface area (Å²) in [5, 5.41) is 3.93. The van der Waals surface area contributed by atoms with E-state index in [9.17, 15) is 9.59 Å². The highest BCUT2D eigenvalue weighted by molar-refractivity contribution is 6.32. The maximum atomic E-state index is 15.4. The number of aryl methyl sites for hydroxylation is 1. The van der Waals surface area contributed by atoms with Gasteiger partial charge in [0.05, 0.1) is 26.3 Å². The van der Waals surface area contributed by atoms with Crippen molar-refractivity contribution in [3.05, 3.63) is 115 Å². The number of rotatable bonds is 6. The fourth-order valence-corrected chi connectivity index (χ4v) is 5.20. The van der Waals surface area contributed by atoms with Crippen molar-refractivity contribution in [2.75, 3.05) is 0 Å². The Morgan fingerprint density at radius 1 is 1.03 bits per heavy atom. The minimum atomic E-state index is -0.614. The second kappa shape index (κ2) is 10.2. The van der Waals surface area contributed by atoms with Gasteiger partial charge in [-0.25, -0.2) is 9.07 Å². The molecule has 2 heterocycles. The molecule has 0 amide bonds. The highest BCUT2D eigenvalue weighted by Gasteiger charge is 2.27. The summed E-state index contributed by atoms with van der Waals surface area (Å²) in [4.78, 5) is 30.9. The summed E-state index contributed by atoms with van der Waals surface area (Å²) in [6.45, 7) is 0. The molecule has 0 spiro atoms. The van der Waals surface area contributed by atoms with E-state index >= 15 is 4.39 Å². The fourth-order valence-electron chi connectivity index (χ4n) is 4.80. The number of H-pyrrole nitrogens is 1. The molecule has 2 aromatic carbocycles. The van der Waals surface area contributed by atoms with E-state index in [0.717, 1.165) is 18.4 Å². The average molecular weight is 522 g/mol. The zero-order valence-corrected chi connectivity index (χ0v) is 20.7. The molecule has 1 aliphatic carbocycles. The van der Waals surface area contributed by atoms with Crippen molar-refractivity contribution in [1.29, 1.82) is 0 Å². The van der Waals surface area contributed by atoms with E-state index in [0.29, 0.717) is 28.1 Å². The molecule has 1 N–H and O–H groups in total. The lowest BCUT2D eigenvalue weighted by Crippen LogP contribution is -2.38. The molecule has 182 valence electrons. The number of carbonyl (C=O) groups excluding carboxylic acids is 1. The van der Waals surface area contributed by atoms with Crippen LogP contribution in [0.15, 0.2) is 71.8 Å². The quantitative estimate of drug-likeness (QED) is 0.403. The number of halogens is 3. The molecule has 4 aromatic rings. The van der Waals surface area contributed by atoms with Crippen molar-refractivity contribution >= 4 is 40.6 Å². The van der Waals surface area contributed by atoms with Gasteiger partial charge in [0.15, 0.2) is 5.78 Å². The number of aromatic nitrogens is 3. The molecule has 2 aromatic heterocycles. The first-order valence-electron chi connectivity index (χ1n) is 11.6. The Labute approximate surface area is 216 Å². The van der Waals surface area contributed by atoms with E-state index in [1.165, 1.54) is 16.8 Å². The third-order valence-corrected chi connectivity index (χ3v) is 7.04. The molecule has 8 heteroatoms. The topological polar surface area (TPSA) is 67.8 Å². The van der Waals surface area contributed by atoms with Crippen LogP contribution in [0.2, 0.25) is 10.0 Å². The molecule has 5 rings (SSSR count). The zero-order valence-electron chi connectivity index (χ0n) is 19.2. The Hall–Kier alpha value is -3.48. The molecular formula is C28H22Cl2FN3O2. The van der Waals surface area contributed by atoms with Gasteiger partial charge in [-0.05, 0) is 60.6 Å². The molecule has 0 fully saturated rings. The van der Waals surface area contributed by atoms with Gasteiger partial charge in [0.2, 0.25) is 0 Å². The first-order chi connectivity index (χ1) is 17.4. The van der Waals surface area contributed by atoms with Crippen LogP contribution in [0.5, 0.6) is 0 Å². The number of nitrogens with zero attached hydrogens (tertiary/aromatic N) is 2. The number of fused-ring (bicyclic) bond motifs is 1. The number of nitrogens with one attached hydrogen (secondary N) is 1. The molecule has 1 aliphatic rings. The molecule has 1 unspecified atom stereocenters. The van der Waals surface area contributed by atoms with Crippen molar-refractivity contribution in [1.82, 2.24) is 14.8 Å². The van der Waals surface area contributed by atoms with E-state index in [1.807, 2.05) is 12.1 Å². The van der Waals surface area contributed by atoms with Gasteiger partial charge in [-0.15, -0.1) is 0 Å². The van der Waals surface area contributed by atoms with E-state index in [-0.39, 0.29) is 33.9 Å². The number of hydrogen-bond donors (Lipinski definition) is 1. The van der Waals surface area contributed by atoms with Crippen molar-refractivity contribution in [2.45, 2.75) is 25.7 Å². The third-order valence-electron chi connectivity index (χ3n) is 6.42. The molecule has 0 saturated carbocycles. The van der Waals surface area contributed by atoms with Crippen molar-refractivity contribution in [3.8, 4) is 5.69 Å². The van der Waals surface area contributed by atoms with Gasteiger partial charge in [0.1, 0.15) is 5.82 Å². The summed E-state index contributed by atoms with van der Waals surface area (Å²) in [5.74, 6) is -1.15. The van der Waals surface area contributed by atoms with Crippen LogP contribution in [-0.4, -0.2) is 20.5 Å². The summed E-state index contributed by atoms with van der Waals surface area (Å²) in [6, 6.07) is 15.5. The summed E-state index contributed by atoms with van der Waals surface area (Å²) < 4.78 is 16.7. The van der Waals surface area contributed by atoms with Gasteiger partial charge in [-0.1, -0.05) is 53.5 Å². The number of aromatic amines is 1. The average Bonchev–Trinajstić information content (AvgIpc) is 3.09. The van der Waals surface area contributed by atoms with E-state index in [4.69, 9.17) is 23.2 Å². The van der Waals surface area contributed by atoms with Crippen LogP contribution in [0, 0.1) is 11.7 Å². The molecular weight excluding hydrogens is 500 g/mol. The monoisotopic (exact) mass is 521 g/mol. The fraction of sp³-hybridized carbons (Fsp3) is 0.179. The Bertz CT molecular complexity index is 1630. The van der Waals surface area contributed by atoms with Crippen LogP contribution in [-0.2, 0) is 11.2 Å². The lowest BCUT2D eigenvalue weighted by atomic mass is 9.84. The van der Waals surface area contributed by atoms with Gasteiger partial charge in [0, 0.05) is 30.5 Å². The number of Topliss-reactive ketones (excluding diaryl/α,β-unsaturated/α-hetero) is 1. The number of carbonyl (C=O) groups is 1. The Morgan fingerprint density at radius 2 is 1.83 bits per heavy atom. The lowest BCUT2D eigenvalue weighted by Gasteiger charge is -2.20. The lowest BCUT2D eigenvalue weighted by molar-refractivity contribution is -0.113. The second-order valence-corrected chi connectivity index (χ2v) is 9.59. The standard InChI is InChI=1S/C28H22Cl2FN3O2/c29-21-10-1-2-12-24(21)34-28(36)26-23(33-34)15-19(35)14-18(8-3-6-17-7-5-13-32-16-17)25(26)20-9-4-11-22(30)27(20)31/h1-2,4-5,7,9-13,15-16,18,33H,3,6,8,14H2. The van der Waals surface area contributed by atoms with E-state index in [1.54, 1.807) is 48.8 Å². The summed E-state index contributed by atoms with van der Waals surface area (Å²) in [7, 11) is 0. The maximum absolute atomic E-state index is 15.4. The van der Waals surface area contributed by atoms with Crippen LogP contribution < -0.4 is 16.1 Å². The highest BCUT2D eigenvalue weighted by Crippen LogP contribution is 2.33. The zero-order chi connectivity index (χ0) is 25.2. The normalized spacial score (nSPS) is 15.4. The molecule has 36 heavy (non-hydrogen) atoms. The summed E-state index contributed by atoms with van der Waals surface area (Å²) >= 11 is 12.5. The number of pyridine rings is 1. The minimum absolute atomic E-state index is 0.0443. The maximum Gasteiger partial charge on any atom is 0.279 e. The van der Waals surface area contributed by atoms with Crippen LogP contribution in [0.3, 0.4) is 0 Å². The molecule has 1 atom stereocenters. The summed E-state index contributed by atoms with van der Waals surface area (Å²) in [6.07, 6.45) is 7.15. The Balaban J connectivity index is 1.72. The number of benzene rings is 2. The van der Waals surface area contributed by atoms with Gasteiger partial charge in [0.25, 0.3) is 5.56 Å². The molecule has 0 saturated heterocycles. The van der Waals surface area contributed by atoms with Crippen LogP contribution >= 0.6 is 23.2 Å². The predicted octanol–water partition coefficient (Wildman–Crippen LogP) is 4.60. The van der Waals surface area contributed by atoms with Gasteiger partial charge in [-0.3, -0.25) is 19.7 Å². The SMILES string of the molecule is O=C1C=c2[nH]n(-c3ccccc3Cl)c(=O)c2=C(c2cccc(Cl)c2F)C(CCCc2cccnc2)C1. The van der Waals surface area contributed by atoms with Crippen molar-refractivity contribution in [3.63, 3.8) is 0 Å². The van der Waals surface area contributed by atoms with Crippen LogP contribution in [0.1, 0.15) is 30.4 Å². The minimum Gasteiger partial charge on any atom is -0.295 e. The van der Waals surface area contributed by atoms with Crippen LogP contribution in [0.25, 0.3) is 17.3 Å². The van der Waals surface area contributed by atoms with E-state index < -0.39 is 11.4 Å². The van der Waals surface area contributed by atoms with Gasteiger partial charge < -0.3 is 0 Å². The first-order valence-corrected chi connectivity index (χ1v) is 12.4. The van der Waals surface area contributed by atoms with E-state index in [2.05, 4.69) is 10.1 Å². The molecule has 0 radical (unpaired) electrons. The van der Waals surface area contributed by atoms with Crippen molar-refractivity contribution in [2.24, 2.45) is 5.92 Å². The highest BCUT2D eigenvalue weighted by atomic mass is 35.5.